The van der Waals surface area contributed by atoms with Gasteiger partial charge in [0.05, 0.1) is 7.11 Å². The van der Waals surface area contributed by atoms with Crippen molar-refractivity contribution < 1.29 is 4.74 Å². The first-order valence-electron chi connectivity index (χ1n) is 6.04. The van der Waals surface area contributed by atoms with E-state index in [1.807, 2.05) is 12.1 Å². The van der Waals surface area contributed by atoms with E-state index < -0.39 is 0 Å². The third kappa shape index (κ3) is 3.86. The molecule has 1 aromatic carbocycles. The van der Waals surface area contributed by atoms with Crippen molar-refractivity contribution in [2.75, 3.05) is 13.7 Å². The zero-order valence-electron chi connectivity index (χ0n) is 10.8. The third-order valence-corrected chi connectivity index (χ3v) is 3.06. The Balaban J connectivity index is 2.54. The van der Waals surface area contributed by atoms with E-state index in [0.717, 1.165) is 18.2 Å². The van der Waals surface area contributed by atoms with E-state index in [-0.39, 0.29) is 0 Å². The summed E-state index contributed by atoms with van der Waals surface area (Å²) in [6.45, 7) is 7.75. The molecule has 0 heterocycles. The lowest BCUT2D eigenvalue weighted by molar-refractivity contribution is 0.412. The van der Waals surface area contributed by atoms with Gasteiger partial charge in [-0.2, -0.15) is 0 Å². The quantitative estimate of drug-likeness (QED) is 0.795. The van der Waals surface area contributed by atoms with Crippen molar-refractivity contribution >= 4 is 0 Å². The molecule has 0 aliphatic carbocycles. The van der Waals surface area contributed by atoms with Crippen LogP contribution in [0.25, 0.3) is 0 Å². The zero-order chi connectivity index (χ0) is 12.0. The minimum Gasteiger partial charge on any atom is -0.497 e. The zero-order valence-corrected chi connectivity index (χ0v) is 10.8. The molecule has 0 saturated carbocycles. The smallest absolute Gasteiger partial charge is 0.119 e. The van der Waals surface area contributed by atoms with Crippen molar-refractivity contribution in [3.63, 3.8) is 0 Å². The van der Waals surface area contributed by atoms with Gasteiger partial charge >= 0.3 is 0 Å². The van der Waals surface area contributed by atoms with Crippen LogP contribution < -0.4 is 10.1 Å². The van der Waals surface area contributed by atoms with Crippen molar-refractivity contribution in [2.45, 2.75) is 33.2 Å². The molecular formula is C14H23NO. The minimum absolute atomic E-state index is 0.379. The van der Waals surface area contributed by atoms with Crippen LogP contribution in [0.5, 0.6) is 5.75 Å². The van der Waals surface area contributed by atoms with Gasteiger partial charge in [-0.15, -0.1) is 0 Å². The summed E-state index contributed by atoms with van der Waals surface area (Å²) in [6, 6.07) is 8.62. The maximum atomic E-state index is 5.22. The number of nitrogens with one attached hydrogen (secondary N) is 1. The average Bonchev–Trinajstić information content (AvgIpc) is 2.35. The van der Waals surface area contributed by atoms with Gasteiger partial charge in [0.1, 0.15) is 5.75 Å². The minimum atomic E-state index is 0.379. The van der Waals surface area contributed by atoms with E-state index in [1.165, 1.54) is 12.0 Å². The van der Waals surface area contributed by atoms with E-state index in [0.29, 0.717) is 6.04 Å². The summed E-state index contributed by atoms with van der Waals surface area (Å²) >= 11 is 0. The molecule has 0 amide bonds. The van der Waals surface area contributed by atoms with Crippen LogP contribution in [0.15, 0.2) is 24.3 Å². The van der Waals surface area contributed by atoms with Crippen LogP contribution in [0.3, 0.4) is 0 Å². The highest BCUT2D eigenvalue weighted by Gasteiger charge is 2.07. The Bertz CT molecular complexity index is 311. The van der Waals surface area contributed by atoms with Crippen LogP contribution in [-0.4, -0.2) is 13.7 Å². The highest BCUT2D eigenvalue weighted by molar-refractivity contribution is 5.30. The van der Waals surface area contributed by atoms with E-state index in [9.17, 15) is 0 Å². The number of hydrogen-bond acceptors (Lipinski definition) is 2. The highest BCUT2D eigenvalue weighted by atomic mass is 16.5. The van der Waals surface area contributed by atoms with E-state index in [4.69, 9.17) is 4.74 Å². The van der Waals surface area contributed by atoms with Gasteiger partial charge < -0.3 is 10.1 Å². The topological polar surface area (TPSA) is 21.3 Å². The Morgan fingerprint density at radius 1 is 1.31 bits per heavy atom. The molecule has 0 radical (unpaired) electrons. The maximum Gasteiger partial charge on any atom is 0.119 e. The van der Waals surface area contributed by atoms with Gasteiger partial charge in [-0.3, -0.25) is 0 Å². The molecule has 2 atom stereocenters. The molecule has 1 unspecified atom stereocenters. The van der Waals surface area contributed by atoms with Crippen LogP contribution >= 0.6 is 0 Å². The van der Waals surface area contributed by atoms with Crippen LogP contribution in [0.2, 0.25) is 0 Å². The van der Waals surface area contributed by atoms with E-state index in [2.05, 4.69) is 38.2 Å². The Hall–Kier alpha value is -1.02. The van der Waals surface area contributed by atoms with Gasteiger partial charge in [0.25, 0.3) is 0 Å². The number of benzene rings is 1. The molecule has 0 saturated heterocycles. The summed E-state index contributed by atoms with van der Waals surface area (Å²) in [6.07, 6.45) is 1.22. The molecule has 16 heavy (non-hydrogen) atoms. The molecule has 0 aliphatic rings. The Labute approximate surface area is 99.0 Å². The second kappa shape index (κ2) is 6.54. The van der Waals surface area contributed by atoms with Crippen LogP contribution in [0.4, 0.5) is 0 Å². The molecule has 0 aromatic heterocycles. The number of methoxy groups -OCH3 is 1. The monoisotopic (exact) mass is 221 g/mol. The van der Waals surface area contributed by atoms with E-state index >= 15 is 0 Å². The van der Waals surface area contributed by atoms with Gasteiger partial charge in [-0.05, 0) is 37.1 Å². The summed E-state index contributed by atoms with van der Waals surface area (Å²) < 4.78 is 5.22. The first-order valence-corrected chi connectivity index (χ1v) is 6.04. The summed E-state index contributed by atoms with van der Waals surface area (Å²) in [5.41, 5.74) is 1.28. The molecule has 90 valence electrons. The molecule has 1 aromatic rings. The van der Waals surface area contributed by atoms with Crippen molar-refractivity contribution in [3.8, 4) is 5.75 Å². The predicted molar refractivity (Wildman–Crippen MR) is 68.9 cm³/mol. The highest BCUT2D eigenvalue weighted by Crippen LogP contribution is 2.18. The van der Waals surface area contributed by atoms with Crippen LogP contribution in [0, 0.1) is 5.92 Å². The van der Waals surface area contributed by atoms with Gasteiger partial charge in [-0.1, -0.05) is 32.4 Å². The Morgan fingerprint density at radius 2 is 2.06 bits per heavy atom. The molecule has 0 aliphatic heterocycles. The van der Waals surface area contributed by atoms with E-state index in [1.54, 1.807) is 7.11 Å². The largest absolute Gasteiger partial charge is 0.497 e. The second-order valence-corrected chi connectivity index (χ2v) is 4.42. The standard InChI is InChI=1S/C14H23NO/c1-5-11(2)10-15-12(3)13-7-6-8-14(9-13)16-4/h6-9,11-12,15H,5,10H2,1-4H3/t11?,12-/m0/s1. The van der Waals surface area contributed by atoms with Crippen molar-refractivity contribution in [1.82, 2.24) is 5.32 Å². The van der Waals surface area contributed by atoms with Crippen LogP contribution in [0.1, 0.15) is 38.8 Å². The fourth-order valence-corrected chi connectivity index (χ4v) is 1.55. The molecule has 0 bridgehead atoms. The summed E-state index contributed by atoms with van der Waals surface area (Å²) in [4.78, 5) is 0. The summed E-state index contributed by atoms with van der Waals surface area (Å²) in [5.74, 6) is 1.66. The van der Waals surface area contributed by atoms with Gasteiger partial charge in [-0.25, -0.2) is 0 Å². The van der Waals surface area contributed by atoms with Crippen molar-refractivity contribution in [1.29, 1.82) is 0 Å². The lowest BCUT2D eigenvalue weighted by Crippen LogP contribution is -2.24. The second-order valence-electron chi connectivity index (χ2n) is 4.42. The van der Waals surface area contributed by atoms with Crippen LogP contribution in [-0.2, 0) is 0 Å². The van der Waals surface area contributed by atoms with Crippen molar-refractivity contribution in [3.05, 3.63) is 29.8 Å². The molecule has 0 fully saturated rings. The summed E-state index contributed by atoms with van der Waals surface area (Å²) in [5, 5.41) is 3.55. The van der Waals surface area contributed by atoms with Gasteiger partial charge in [0.15, 0.2) is 0 Å². The SMILES string of the molecule is CCC(C)CN[C@@H](C)c1cccc(OC)c1. The molecule has 1 N–H and O–H groups in total. The lowest BCUT2D eigenvalue weighted by Gasteiger charge is -2.17. The molecule has 0 spiro atoms. The molecule has 2 heteroatoms. The number of hydrogen-bond donors (Lipinski definition) is 1. The fraction of sp³-hybridized carbons (Fsp3) is 0.571. The first kappa shape index (κ1) is 13.0. The molecular weight excluding hydrogens is 198 g/mol. The third-order valence-electron chi connectivity index (χ3n) is 3.06. The maximum absolute atomic E-state index is 5.22. The molecule has 1 rings (SSSR count). The first-order chi connectivity index (χ1) is 7.67. The summed E-state index contributed by atoms with van der Waals surface area (Å²) in [7, 11) is 1.70. The number of rotatable bonds is 6. The van der Waals surface area contributed by atoms with Crippen molar-refractivity contribution in [2.24, 2.45) is 5.92 Å². The fourth-order valence-electron chi connectivity index (χ4n) is 1.55. The van der Waals surface area contributed by atoms with Gasteiger partial charge in [0, 0.05) is 6.04 Å². The average molecular weight is 221 g/mol. The Morgan fingerprint density at radius 3 is 2.69 bits per heavy atom. The molecule has 2 nitrogen and oxygen atoms in total. The Kier molecular flexibility index (Phi) is 5.33. The van der Waals surface area contributed by atoms with Gasteiger partial charge in [0.2, 0.25) is 0 Å². The lowest BCUT2D eigenvalue weighted by atomic mass is 10.1. The number of ether oxygens (including phenoxy) is 1. The predicted octanol–water partition coefficient (Wildman–Crippen LogP) is 3.39. The normalized spacial score (nSPS) is 14.5.